The van der Waals surface area contributed by atoms with E-state index in [0.29, 0.717) is 6.54 Å². The van der Waals surface area contributed by atoms with Crippen molar-refractivity contribution in [2.45, 2.75) is 25.3 Å². The Labute approximate surface area is 96.8 Å². The maximum Gasteiger partial charge on any atom is 0.123 e. The van der Waals surface area contributed by atoms with Gasteiger partial charge in [0.05, 0.1) is 7.11 Å². The average Bonchev–Trinajstić information content (AvgIpc) is 2.28. The SMILES string of the molecule is COc1ccccc1C(N)C1(CN)CCC1. The number of nitrogens with two attached hydrogens (primary N) is 2. The number of hydrogen-bond donors (Lipinski definition) is 2. The van der Waals surface area contributed by atoms with Gasteiger partial charge in [-0.15, -0.1) is 0 Å². The van der Waals surface area contributed by atoms with Gasteiger partial charge in [-0.3, -0.25) is 0 Å². The Balaban J connectivity index is 2.29. The molecule has 2 rings (SSSR count). The maximum atomic E-state index is 6.36. The summed E-state index contributed by atoms with van der Waals surface area (Å²) in [5.41, 5.74) is 13.4. The molecule has 0 saturated heterocycles. The first kappa shape index (κ1) is 11.4. The van der Waals surface area contributed by atoms with Crippen LogP contribution in [0.5, 0.6) is 5.75 Å². The molecule has 16 heavy (non-hydrogen) atoms. The van der Waals surface area contributed by atoms with Crippen LogP contribution in [0.4, 0.5) is 0 Å². The van der Waals surface area contributed by atoms with E-state index in [1.54, 1.807) is 7.11 Å². The summed E-state index contributed by atoms with van der Waals surface area (Å²) in [6.07, 6.45) is 3.49. The van der Waals surface area contributed by atoms with Crippen LogP contribution in [0.3, 0.4) is 0 Å². The van der Waals surface area contributed by atoms with Crippen molar-refractivity contribution in [3.63, 3.8) is 0 Å². The number of hydrogen-bond acceptors (Lipinski definition) is 3. The fraction of sp³-hybridized carbons (Fsp3) is 0.538. The summed E-state index contributed by atoms with van der Waals surface area (Å²) in [5.74, 6) is 0.870. The zero-order chi connectivity index (χ0) is 11.6. The first-order chi connectivity index (χ1) is 7.73. The van der Waals surface area contributed by atoms with Crippen molar-refractivity contribution in [2.24, 2.45) is 16.9 Å². The summed E-state index contributed by atoms with van der Waals surface area (Å²) in [6, 6.07) is 7.95. The Morgan fingerprint density at radius 1 is 1.38 bits per heavy atom. The van der Waals surface area contributed by atoms with Crippen LogP contribution in [-0.2, 0) is 0 Å². The van der Waals surface area contributed by atoms with Gasteiger partial charge in [0.1, 0.15) is 5.75 Å². The van der Waals surface area contributed by atoms with Crippen LogP contribution in [0.1, 0.15) is 30.9 Å². The van der Waals surface area contributed by atoms with E-state index < -0.39 is 0 Å². The third-order valence-electron chi connectivity index (χ3n) is 3.89. The minimum atomic E-state index is -0.0117. The fourth-order valence-electron chi connectivity index (χ4n) is 2.53. The highest BCUT2D eigenvalue weighted by Crippen LogP contribution is 2.49. The fourth-order valence-corrected chi connectivity index (χ4v) is 2.53. The Morgan fingerprint density at radius 2 is 2.06 bits per heavy atom. The molecule has 1 aliphatic rings. The Hall–Kier alpha value is -1.06. The van der Waals surface area contributed by atoms with Gasteiger partial charge >= 0.3 is 0 Å². The summed E-state index contributed by atoms with van der Waals surface area (Å²) in [4.78, 5) is 0. The van der Waals surface area contributed by atoms with E-state index in [0.717, 1.165) is 24.2 Å². The minimum absolute atomic E-state index is 0.0117. The van der Waals surface area contributed by atoms with Gasteiger partial charge in [0.15, 0.2) is 0 Å². The van der Waals surface area contributed by atoms with Crippen LogP contribution in [0.25, 0.3) is 0 Å². The van der Waals surface area contributed by atoms with E-state index in [1.807, 2.05) is 24.3 Å². The first-order valence-electron chi connectivity index (χ1n) is 5.82. The Kier molecular flexibility index (Phi) is 3.17. The molecule has 88 valence electrons. The van der Waals surface area contributed by atoms with Crippen LogP contribution in [0.2, 0.25) is 0 Å². The lowest BCUT2D eigenvalue weighted by molar-refractivity contribution is 0.103. The van der Waals surface area contributed by atoms with Crippen LogP contribution in [0, 0.1) is 5.41 Å². The van der Waals surface area contributed by atoms with Gasteiger partial charge in [0.25, 0.3) is 0 Å². The molecule has 1 aromatic carbocycles. The van der Waals surface area contributed by atoms with E-state index in [4.69, 9.17) is 16.2 Å². The van der Waals surface area contributed by atoms with Crippen LogP contribution in [-0.4, -0.2) is 13.7 Å². The number of ether oxygens (including phenoxy) is 1. The zero-order valence-electron chi connectivity index (χ0n) is 9.78. The van der Waals surface area contributed by atoms with Crippen LogP contribution >= 0.6 is 0 Å². The monoisotopic (exact) mass is 220 g/mol. The highest BCUT2D eigenvalue weighted by molar-refractivity contribution is 5.37. The number of rotatable bonds is 4. The van der Waals surface area contributed by atoms with E-state index in [1.165, 1.54) is 6.42 Å². The summed E-state index contributed by atoms with van der Waals surface area (Å²) >= 11 is 0. The van der Waals surface area contributed by atoms with Crippen molar-refractivity contribution < 1.29 is 4.74 Å². The molecule has 1 fully saturated rings. The molecule has 1 unspecified atom stereocenters. The molecule has 1 aromatic rings. The summed E-state index contributed by atoms with van der Waals surface area (Å²) in [5, 5.41) is 0. The third kappa shape index (κ3) is 1.70. The predicted octanol–water partition coefficient (Wildman–Crippen LogP) is 1.82. The van der Waals surface area contributed by atoms with Crippen molar-refractivity contribution >= 4 is 0 Å². The molecule has 3 heteroatoms. The third-order valence-corrected chi connectivity index (χ3v) is 3.89. The zero-order valence-corrected chi connectivity index (χ0v) is 9.78. The molecule has 1 atom stereocenters. The van der Waals surface area contributed by atoms with E-state index in [9.17, 15) is 0 Å². The van der Waals surface area contributed by atoms with Gasteiger partial charge in [-0.25, -0.2) is 0 Å². The van der Waals surface area contributed by atoms with E-state index >= 15 is 0 Å². The second kappa shape index (κ2) is 4.44. The van der Waals surface area contributed by atoms with E-state index in [-0.39, 0.29) is 11.5 Å². The summed E-state index contributed by atoms with van der Waals surface area (Å²) in [7, 11) is 1.68. The molecule has 0 bridgehead atoms. The van der Waals surface area contributed by atoms with Crippen molar-refractivity contribution in [2.75, 3.05) is 13.7 Å². The molecule has 3 nitrogen and oxygen atoms in total. The van der Waals surface area contributed by atoms with Gasteiger partial charge in [-0.1, -0.05) is 24.6 Å². The van der Waals surface area contributed by atoms with Gasteiger partial charge in [-0.05, 0) is 25.5 Å². The van der Waals surface area contributed by atoms with Crippen molar-refractivity contribution in [1.82, 2.24) is 0 Å². The minimum Gasteiger partial charge on any atom is -0.496 e. The average molecular weight is 220 g/mol. The molecule has 1 aliphatic carbocycles. The van der Waals surface area contributed by atoms with Crippen molar-refractivity contribution in [3.8, 4) is 5.75 Å². The standard InChI is InChI=1S/C13H20N2O/c1-16-11-6-3-2-5-10(11)12(15)13(9-14)7-4-8-13/h2-3,5-6,12H,4,7-9,14-15H2,1H3. The summed E-state index contributed by atoms with van der Waals surface area (Å²) in [6.45, 7) is 0.659. The Morgan fingerprint density at radius 3 is 2.56 bits per heavy atom. The largest absolute Gasteiger partial charge is 0.496 e. The lowest BCUT2D eigenvalue weighted by Crippen LogP contribution is -2.46. The molecule has 0 spiro atoms. The smallest absolute Gasteiger partial charge is 0.123 e. The lowest BCUT2D eigenvalue weighted by Gasteiger charge is -2.46. The van der Waals surface area contributed by atoms with Crippen molar-refractivity contribution in [1.29, 1.82) is 0 Å². The second-order valence-electron chi connectivity index (χ2n) is 4.64. The normalized spacial score (nSPS) is 19.9. The number of benzene rings is 1. The molecular weight excluding hydrogens is 200 g/mol. The highest BCUT2D eigenvalue weighted by atomic mass is 16.5. The number of methoxy groups -OCH3 is 1. The maximum absolute atomic E-state index is 6.36. The quantitative estimate of drug-likeness (QED) is 0.813. The van der Waals surface area contributed by atoms with E-state index in [2.05, 4.69) is 0 Å². The molecule has 0 aromatic heterocycles. The predicted molar refractivity (Wildman–Crippen MR) is 65.3 cm³/mol. The lowest BCUT2D eigenvalue weighted by atomic mass is 9.62. The first-order valence-corrected chi connectivity index (χ1v) is 5.82. The summed E-state index contributed by atoms with van der Waals surface area (Å²) < 4.78 is 5.35. The van der Waals surface area contributed by atoms with Crippen LogP contribution in [0.15, 0.2) is 24.3 Å². The molecular formula is C13H20N2O. The highest BCUT2D eigenvalue weighted by Gasteiger charge is 2.42. The Bertz CT molecular complexity index is 355. The molecule has 4 N–H and O–H groups in total. The molecule has 0 heterocycles. The van der Waals surface area contributed by atoms with Gasteiger partial charge in [-0.2, -0.15) is 0 Å². The van der Waals surface area contributed by atoms with Gasteiger partial charge in [0, 0.05) is 17.0 Å². The van der Waals surface area contributed by atoms with Gasteiger partial charge in [0.2, 0.25) is 0 Å². The van der Waals surface area contributed by atoms with Crippen LogP contribution < -0.4 is 16.2 Å². The second-order valence-corrected chi connectivity index (χ2v) is 4.64. The van der Waals surface area contributed by atoms with Gasteiger partial charge < -0.3 is 16.2 Å². The molecule has 0 aliphatic heterocycles. The topological polar surface area (TPSA) is 61.3 Å². The molecule has 0 radical (unpaired) electrons. The molecule has 0 amide bonds. The molecule has 1 saturated carbocycles. The number of para-hydroxylation sites is 1. The van der Waals surface area contributed by atoms with Crippen molar-refractivity contribution in [3.05, 3.63) is 29.8 Å².